The third kappa shape index (κ3) is 4.46. The Morgan fingerprint density at radius 2 is 2.16 bits per heavy atom. The van der Waals surface area contributed by atoms with Gasteiger partial charge in [0.2, 0.25) is 0 Å². The minimum absolute atomic E-state index is 0.374. The molecule has 0 aromatic carbocycles. The van der Waals surface area contributed by atoms with E-state index in [1.807, 2.05) is 5.32 Å². The van der Waals surface area contributed by atoms with Gasteiger partial charge in [-0.05, 0) is 4.92 Å². The molecule has 0 bridgehead atoms. The third-order valence-corrected chi connectivity index (χ3v) is 2.15. The molecule has 0 aliphatic carbocycles. The second-order valence-corrected chi connectivity index (χ2v) is 3.62. The van der Waals surface area contributed by atoms with Gasteiger partial charge in [0, 0.05) is 6.54 Å². The molecule has 108 valence electrons. The highest BCUT2D eigenvalue weighted by Crippen LogP contribution is 2.19. The summed E-state index contributed by atoms with van der Waals surface area (Å²) >= 11 is 0. The van der Waals surface area contributed by atoms with Gasteiger partial charge >= 0.3 is 12.1 Å². The fourth-order valence-electron chi connectivity index (χ4n) is 1.23. The van der Waals surface area contributed by atoms with Crippen molar-refractivity contribution >= 4 is 5.95 Å². The first-order valence-electron chi connectivity index (χ1n) is 5.03. The number of aromatic nitrogens is 2. The molecule has 1 heterocycles. The van der Waals surface area contributed by atoms with Gasteiger partial charge in [-0.2, -0.15) is 13.2 Å². The van der Waals surface area contributed by atoms with Crippen LogP contribution in [0.2, 0.25) is 0 Å². The number of aliphatic hydroxyl groups is 2. The van der Waals surface area contributed by atoms with Crippen LogP contribution in [0.25, 0.3) is 0 Å². The van der Waals surface area contributed by atoms with Crippen molar-refractivity contribution in [2.24, 2.45) is 0 Å². The molecule has 0 radical (unpaired) electrons. The molecule has 3 N–H and O–H groups in total. The van der Waals surface area contributed by atoms with E-state index in [1.165, 1.54) is 6.20 Å². The molecule has 0 saturated carbocycles. The Bertz CT molecular complexity index is 436. The average molecular weight is 284 g/mol. The first-order valence-corrected chi connectivity index (χ1v) is 5.03. The molecule has 2 unspecified atom stereocenters. The molecule has 1 aromatic rings. The highest BCUT2D eigenvalue weighted by Gasteiger charge is 2.38. The Kier molecular flexibility index (Phi) is 4.80. The highest BCUT2D eigenvalue weighted by atomic mass is 19.4. The molecule has 0 saturated heterocycles. The van der Waals surface area contributed by atoms with Crippen molar-refractivity contribution in [1.29, 1.82) is 0 Å². The molecule has 2 atom stereocenters. The molecular weight excluding hydrogens is 273 g/mol. The fraction of sp³-hybridized carbons (Fsp3) is 0.625. The van der Waals surface area contributed by atoms with Gasteiger partial charge in [-0.25, -0.2) is 4.57 Å². The first kappa shape index (κ1) is 15.3. The number of rotatable bonds is 6. The summed E-state index contributed by atoms with van der Waals surface area (Å²) in [4.78, 5) is 13.1. The Hall–Kier alpha value is -1.72. The zero-order valence-electron chi connectivity index (χ0n) is 9.41. The lowest BCUT2D eigenvalue weighted by Crippen LogP contribution is -2.43. The van der Waals surface area contributed by atoms with E-state index in [4.69, 9.17) is 5.11 Å². The van der Waals surface area contributed by atoms with Crippen molar-refractivity contribution in [2.45, 2.75) is 25.1 Å². The van der Waals surface area contributed by atoms with Crippen molar-refractivity contribution in [3.8, 4) is 0 Å². The Morgan fingerprint density at radius 3 is 2.68 bits per heavy atom. The molecule has 0 amide bonds. The van der Waals surface area contributed by atoms with Gasteiger partial charge < -0.3 is 20.3 Å². The van der Waals surface area contributed by atoms with E-state index < -0.39 is 35.9 Å². The molecular formula is C8H11F3N4O4. The summed E-state index contributed by atoms with van der Waals surface area (Å²) in [6.07, 6.45) is -6.60. The molecule has 19 heavy (non-hydrogen) atoms. The molecule has 0 spiro atoms. The summed E-state index contributed by atoms with van der Waals surface area (Å²) < 4.78 is 36.9. The quantitative estimate of drug-likeness (QED) is 0.373. The SMILES string of the molecule is O=[N+]([O-])c1nccn1CC(O)NCC(O)C(F)(F)F. The van der Waals surface area contributed by atoms with Crippen LogP contribution < -0.4 is 5.32 Å². The molecule has 0 fully saturated rings. The van der Waals surface area contributed by atoms with E-state index in [1.54, 1.807) is 0 Å². The smallest absolute Gasteiger partial charge is 0.390 e. The Balaban J connectivity index is 2.50. The molecule has 11 heteroatoms. The lowest BCUT2D eigenvalue weighted by Gasteiger charge is -2.17. The van der Waals surface area contributed by atoms with Crippen LogP contribution in [0, 0.1) is 10.1 Å². The maximum atomic E-state index is 12.0. The zero-order valence-corrected chi connectivity index (χ0v) is 9.41. The number of imidazole rings is 1. The molecule has 0 aliphatic heterocycles. The number of halogens is 3. The van der Waals surface area contributed by atoms with Gasteiger partial charge in [-0.1, -0.05) is 4.98 Å². The van der Waals surface area contributed by atoms with E-state index in [-0.39, 0.29) is 6.54 Å². The van der Waals surface area contributed by atoms with Gasteiger partial charge in [0.1, 0.15) is 25.2 Å². The van der Waals surface area contributed by atoms with Crippen LogP contribution in [0.1, 0.15) is 0 Å². The van der Waals surface area contributed by atoms with Crippen LogP contribution in [-0.4, -0.2) is 49.7 Å². The highest BCUT2D eigenvalue weighted by molar-refractivity contribution is 5.06. The molecule has 8 nitrogen and oxygen atoms in total. The summed E-state index contributed by atoms with van der Waals surface area (Å²) in [5.74, 6) is -0.544. The van der Waals surface area contributed by atoms with E-state index in [9.17, 15) is 28.4 Å². The average Bonchev–Trinajstić information content (AvgIpc) is 2.72. The van der Waals surface area contributed by atoms with E-state index >= 15 is 0 Å². The maximum Gasteiger partial charge on any atom is 0.434 e. The Labute approximate surface area is 104 Å². The Morgan fingerprint density at radius 1 is 1.53 bits per heavy atom. The number of nitrogens with one attached hydrogen (secondary N) is 1. The topological polar surface area (TPSA) is 113 Å². The maximum absolute atomic E-state index is 12.0. The second kappa shape index (κ2) is 5.95. The summed E-state index contributed by atoms with van der Waals surface area (Å²) in [6, 6.07) is 0. The van der Waals surface area contributed by atoms with Gasteiger partial charge in [-0.15, -0.1) is 0 Å². The summed E-state index contributed by atoms with van der Waals surface area (Å²) in [5, 5.41) is 30.6. The second-order valence-electron chi connectivity index (χ2n) is 3.62. The van der Waals surface area contributed by atoms with Crippen LogP contribution >= 0.6 is 0 Å². The molecule has 1 aromatic heterocycles. The normalized spacial score (nSPS) is 15.2. The van der Waals surface area contributed by atoms with E-state index in [0.717, 1.165) is 10.8 Å². The van der Waals surface area contributed by atoms with Crippen LogP contribution in [-0.2, 0) is 6.54 Å². The van der Waals surface area contributed by atoms with Crippen LogP contribution in [0.15, 0.2) is 12.4 Å². The lowest BCUT2D eigenvalue weighted by atomic mass is 10.3. The molecule has 0 aliphatic rings. The van der Waals surface area contributed by atoms with Crippen LogP contribution in [0.5, 0.6) is 0 Å². The van der Waals surface area contributed by atoms with Gasteiger partial charge in [0.25, 0.3) is 0 Å². The van der Waals surface area contributed by atoms with E-state index in [0.29, 0.717) is 0 Å². The summed E-state index contributed by atoms with van der Waals surface area (Å²) in [5.41, 5.74) is 0. The zero-order chi connectivity index (χ0) is 14.6. The van der Waals surface area contributed by atoms with Crippen molar-refractivity contribution in [3.05, 3.63) is 22.5 Å². The van der Waals surface area contributed by atoms with E-state index in [2.05, 4.69) is 4.98 Å². The number of aliphatic hydroxyl groups excluding tert-OH is 2. The van der Waals surface area contributed by atoms with Gasteiger partial charge in [-0.3, -0.25) is 5.32 Å². The van der Waals surface area contributed by atoms with Crippen molar-refractivity contribution in [1.82, 2.24) is 14.9 Å². The van der Waals surface area contributed by atoms with Crippen molar-refractivity contribution < 1.29 is 28.3 Å². The van der Waals surface area contributed by atoms with Crippen molar-refractivity contribution in [3.63, 3.8) is 0 Å². The number of nitrogens with zero attached hydrogens (tertiary/aromatic N) is 3. The summed E-state index contributed by atoms with van der Waals surface area (Å²) in [7, 11) is 0. The fourth-order valence-corrected chi connectivity index (χ4v) is 1.23. The first-order chi connectivity index (χ1) is 8.71. The predicted octanol–water partition coefficient (Wildman–Crippen LogP) is -0.378. The van der Waals surface area contributed by atoms with Crippen LogP contribution in [0.3, 0.4) is 0 Å². The largest absolute Gasteiger partial charge is 0.434 e. The third-order valence-electron chi connectivity index (χ3n) is 2.15. The minimum Gasteiger partial charge on any atom is -0.390 e. The predicted molar refractivity (Wildman–Crippen MR) is 55.0 cm³/mol. The lowest BCUT2D eigenvalue weighted by molar-refractivity contribution is -0.397. The van der Waals surface area contributed by atoms with Crippen molar-refractivity contribution in [2.75, 3.05) is 6.54 Å². The number of hydrogen-bond donors (Lipinski definition) is 3. The number of nitro groups is 1. The van der Waals surface area contributed by atoms with Gasteiger partial charge in [0.05, 0.1) is 0 Å². The monoisotopic (exact) mass is 284 g/mol. The standard InChI is InChI=1S/C8H11F3N4O4/c9-8(10,11)5(16)3-13-6(17)4-14-2-1-12-7(14)15(18)19/h1-2,5-6,13,16-17H,3-4H2. The van der Waals surface area contributed by atoms with Crippen LogP contribution in [0.4, 0.5) is 19.1 Å². The summed E-state index contributed by atoms with van der Waals surface area (Å²) in [6.45, 7) is -1.30. The minimum atomic E-state index is -4.80. The number of hydrogen-bond acceptors (Lipinski definition) is 6. The van der Waals surface area contributed by atoms with Gasteiger partial charge in [0.15, 0.2) is 6.10 Å². The molecule has 1 rings (SSSR count). The number of alkyl halides is 3.